The van der Waals surface area contributed by atoms with Gasteiger partial charge in [-0.05, 0) is 25.6 Å². The molecule has 0 unspecified atom stereocenters. The minimum Gasteiger partial charge on any atom is -0.424 e. The molecule has 0 aliphatic heterocycles. The van der Waals surface area contributed by atoms with Gasteiger partial charge in [0.2, 0.25) is 0 Å². The first-order chi connectivity index (χ1) is 9.60. The van der Waals surface area contributed by atoms with Crippen molar-refractivity contribution in [2.75, 3.05) is 6.54 Å². The van der Waals surface area contributed by atoms with Gasteiger partial charge in [0.25, 0.3) is 0 Å². The largest absolute Gasteiger partial charge is 0.424 e. The Kier molecular flexibility index (Phi) is 4.87. The Morgan fingerprint density at radius 3 is 2.85 bits per heavy atom. The van der Waals surface area contributed by atoms with Crippen LogP contribution >= 0.6 is 11.6 Å². The number of hydrogen-bond donors (Lipinski definition) is 1. The molecule has 0 saturated heterocycles. The van der Waals surface area contributed by atoms with Gasteiger partial charge >= 0.3 is 6.01 Å². The summed E-state index contributed by atoms with van der Waals surface area (Å²) in [4.78, 5) is 8.36. The zero-order chi connectivity index (χ0) is 14.5. The van der Waals surface area contributed by atoms with Gasteiger partial charge in [-0.2, -0.15) is 4.98 Å². The highest BCUT2D eigenvalue weighted by Crippen LogP contribution is 2.23. The first kappa shape index (κ1) is 14.7. The fourth-order valence-corrected chi connectivity index (χ4v) is 1.72. The summed E-state index contributed by atoms with van der Waals surface area (Å²) in [6, 6.07) is 4.38. The molecule has 2 rings (SSSR count). The molecular formula is C14H15ClFN3O. The van der Waals surface area contributed by atoms with Crippen molar-refractivity contribution < 1.29 is 9.13 Å². The Balaban J connectivity index is 2.13. The molecule has 106 valence electrons. The van der Waals surface area contributed by atoms with E-state index in [4.69, 9.17) is 16.3 Å². The van der Waals surface area contributed by atoms with Crippen LogP contribution in [-0.2, 0) is 6.54 Å². The maximum Gasteiger partial charge on any atom is 0.322 e. The van der Waals surface area contributed by atoms with Crippen molar-refractivity contribution in [3.05, 3.63) is 46.5 Å². The van der Waals surface area contributed by atoms with Crippen LogP contribution in [0, 0.1) is 12.7 Å². The summed E-state index contributed by atoms with van der Waals surface area (Å²) < 4.78 is 18.7. The Morgan fingerprint density at radius 2 is 2.20 bits per heavy atom. The third-order valence-electron chi connectivity index (χ3n) is 2.72. The van der Waals surface area contributed by atoms with E-state index >= 15 is 0 Å². The van der Waals surface area contributed by atoms with E-state index in [9.17, 15) is 4.39 Å². The maximum absolute atomic E-state index is 13.3. The zero-order valence-electron chi connectivity index (χ0n) is 11.3. The number of ether oxygens (including phenoxy) is 1. The molecular weight excluding hydrogens is 281 g/mol. The van der Waals surface area contributed by atoms with Gasteiger partial charge in [0, 0.05) is 30.1 Å². The Hall–Kier alpha value is -1.72. The fraction of sp³-hybridized carbons (Fsp3) is 0.286. The molecule has 1 aromatic heterocycles. The summed E-state index contributed by atoms with van der Waals surface area (Å²) in [5.41, 5.74) is 1.83. The second-order valence-corrected chi connectivity index (χ2v) is 4.63. The van der Waals surface area contributed by atoms with E-state index in [2.05, 4.69) is 15.3 Å². The molecule has 1 N–H and O–H groups in total. The molecule has 0 spiro atoms. The first-order valence-corrected chi connectivity index (χ1v) is 6.64. The summed E-state index contributed by atoms with van der Waals surface area (Å²) in [5.74, 6) is -0.226. The van der Waals surface area contributed by atoms with Gasteiger partial charge < -0.3 is 10.1 Å². The van der Waals surface area contributed by atoms with Gasteiger partial charge in [0.05, 0.1) is 5.02 Å². The monoisotopic (exact) mass is 295 g/mol. The van der Waals surface area contributed by atoms with Crippen LogP contribution in [0.5, 0.6) is 11.8 Å². The number of benzene rings is 1. The first-order valence-electron chi connectivity index (χ1n) is 6.26. The molecule has 2 aromatic rings. The Morgan fingerprint density at radius 1 is 1.40 bits per heavy atom. The van der Waals surface area contributed by atoms with Crippen LogP contribution in [-0.4, -0.2) is 16.5 Å². The van der Waals surface area contributed by atoms with Crippen molar-refractivity contribution in [2.45, 2.75) is 20.4 Å². The van der Waals surface area contributed by atoms with E-state index in [0.717, 1.165) is 17.8 Å². The molecule has 0 fully saturated rings. The van der Waals surface area contributed by atoms with Gasteiger partial charge in [0.1, 0.15) is 11.6 Å². The second kappa shape index (κ2) is 6.63. The molecule has 0 atom stereocenters. The van der Waals surface area contributed by atoms with Crippen molar-refractivity contribution >= 4 is 11.6 Å². The number of halogens is 2. The van der Waals surface area contributed by atoms with Crippen molar-refractivity contribution in [1.29, 1.82) is 0 Å². The molecule has 1 heterocycles. The number of nitrogens with one attached hydrogen (secondary N) is 1. The van der Waals surface area contributed by atoms with E-state index in [1.54, 1.807) is 12.3 Å². The lowest BCUT2D eigenvalue weighted by Crippen LogP contribution is -2.13. The van der Waals surface area contributed by atoms with Crippen molar-refractivity contribution in [2.24, 2.45) is 0 Å². The lowest BCUT2D eigenvalue weighted by atomic mass is 10.2. The molecule has 0 aliphatic rings. The van der Waals surface area contributed by atoms with Crippen molar-refractivity contribution in [1.82, 2.24) is 15.3 Å². The predicted molar refractivity (Wildman–Crippen MR) is 75.6 cm³/mol. The highest BCUT2D eigenvalue weighted by atomic mass is 35.5. The summed E-state index contributed by atoms with van der Waals surface area (Å²) >= 11 is 5.61. The molecule has 0 saturated carbocycles. The van der Waals surface area contributed by atoms with Gasteiger partial charge in [-0.25, -0.2) is 9.37 Å². The van der Waals surface area contributed by atoms with Gasteiger partial charge in [0.15, 0.2) is 0 Å². The topological polar surface area (TPSA) is 47.0 Å². The number of nitrogens with zero attached hydrogens (tertiary/aromatic N) is 2. The summed E-state index contributed by atoms with van der Waals surface area (Å²) in [6.45, 7) is 5.49. The summed E-state index contributed by atoms with van der Waals surface area (Å²) in [5, 5.41) is 3.25. The van der Waals surface area contributed by atoms with Crippen LogP contribution in [0.3, 0.4) is 0 Å². The van der Waals surface area contributed by atoms with E-state index in [1.807, 2.05) is 13.8 Å². The molecule has 1 aromatic carbocycles. The van der Waals surface area contributed by atoms with Crippen molar-refractivity contribution in [3.63, 3.8) is 0 Å². The number of rotatable bonds is 5. The third kappa shape index (κ3) is 3.65. The normalized spacial score (nSPS) is 10.6. The summed E-state index contributed by atoms with van der Waals surface area (Å²) in [6.07, 6.45) is 1.70. The molecule has 0 bridgehead atoms. The minimum atomic E-state index is -0.537. The number of aryl methyl sites for hydroxylation is 1. The van der Waals surface area contributed by atoms with Crippen LogP contribution in [0.1, 0.15) is 18.2 Å². The third-order valence-corrected chi connectivity index (χ3v) is 3.03. The van der Waals surface area contributed by atoms with E-state index in [-0.39, 0.29) is 11.0 Å². The Bertz CT molecular complexity index is 607. The maximum atomic E-state index is 13.3. The van der Waals surface area contributed by atoms with Crippen LogP contribution < -0.4 is 10.1 Å². The average molecular weight is 296 g/mol. The van der Waals surface area contributed by atoms with Crippen LogP contribution in [0.25, 0.3) is 0 Å². The number of hydrogen-bond acceptors (Lipinski definition) is 4. The Labute approximate surface area is 122 Å². The van der Waals surface area contributed by atoms with Gasteiger partial charge in [-0.1, -0.05) is 18.5 Å². The van der Waals surface area contributed by atoms with Crippen LogP contribution in [0.15, 0.2) is 24.4 Å². The number of aromatic nitrogens is 2. The minimum absolute atomic E-state index is 0.0513. The second-order valence-electron chi connectivity index (χ2n) is 4.22. The predicted octanol–water partition coefficient (Wildman–Crippen LogP) is 3.48. The lowest BCUT2D eigenvalue weighted by molar-refractivity contribution is 0.435. The lowest BCUT2D eigenvalue weighted by Gasteiger charge is -2.08. The summed E-state index contributed by atoms with van der Waals surface area (Å²) in [7, 11) is 0. The average Bonchev–Trinajstić information content (AvgIpc) is 2.42. The molecule has 0 radical (unpaired) electrons. The quantitative estimate of drug-likeness (QED) is 0.917. The smallest absolute Gasteiger partial charge is 0.322 e. The van der Waals surface area contributed by atoms with E-state index < -0.39 is 5.82 Å². The van der Waals surface area contributed by atoms with E-state index in [1.165, 1.54) is 12.1 Å². The highest BCUT2D eigenvalue weighted by Gasteiger charge is 2.07. The van der Waals surface area contributed by atoms with Crippen LogP contribution in [0.2, 0.25) is 5.02 Å². The SMILES string of the molecule is CCNCc1cnc(Oc2ccc(Cl)c(F)c2)nc1C. The molecule has 6 heteroatoms. The zero-order valence-corrected chi connectivity index (χ0v) is 12.0. The van der Waals surface area contributed by atoms with Gasteiger partial charge in [-0.3, -0.25) is 0 Å². The van der Waals surface area contributed by atoms with Crippen molar-refractivity contribution in [3.8, 4) is 11.8 Å². The fourth-order valence-electron chi connectivity index (χ4n) is 1.60. The molecule has 0 aliphatic carbocycles. The van der Waals surface area contributed by atoms with Gasteiger partial charge in [-0.15, -0.1) is 0 Å². The highest BCUT2D eigenvalue weighted by molar-refractivity contribution is 6.30. The molecule has 4 nitrogen and oxygen atoms in total. The van der Waals surface area contributed by atoms with Crippen LogP contribution in [0.4, 0.5) is 4.39 Å². The van der Waals surface area contributed by atoms with E-state index in [0.29, 0.717) is 12.3 Å². The molecule has 0 amide bonds. The molecule has 20 heavy (non-hydrogen) atoms. The standard InChI is InChI=1S/C14H15ClFN3O/c1-3-17-7-10-8-18-14(19-9(10)2)20-11-4-5-12(15)13(16)6-11/h4-6,8,17H,3,7H2,1-2H3.